The monoisotopic (exact) mass is 212 g/mol. The van der Waals surface area contributed by atoms with Crippen LogP contribution in [-0.2, 0) is 0 Å². The lowest BCUT2D eigenvalue weighted by Crippen LogP contribution is -2.53. The van der Waals surface area contributed by atoms with Gasteiger partial charge in [0.1, 0.15) is 0 Å². The number of rotatable bonds is 0. The van der Waals surface area contributed by atoms with Gasteiger partial charge in [0.25, 0.3) is 5.92 Å². The van der Waals surface area contributed by atoms with Crippen molar-refractivity contribution in [3.8, 4) is 0 Å². The second-order valence-corrected chi connectivity index (χ2v) is 3.95. The molecule has 13 heavy (non-hydrogen) atoms. The Kier molecular flexibility index (Phi) is 2.86. The fraction of sp³-hybridized carbons (Fsp3) is 1.00. The fourth-order valence-electron chi connectivity index (χ4n) is 2.27. The van der Waals surface area contributed by atoms with Gasteiger partial charge in [-0.2, -0.15) is 0 Å². The average Bonchev–Trinajstić information content (AvgIpc) is 2.43. The van der Waals surface area contributed by atoms with Crippen LogP contribution in [0, 0.1) is 0 Å². The first-order valence-electron chi connectivity index (χ1n) is 4.37. The van der Waals surface area contributed by atoms with E-state index in [1.54, 1.807) is 0 Å². The van der Waals surface area contributed by atoms with Crippen molar-refractivity contribution in [1.82, 2.24) is 10.2 Å². The normalized spacial score (nSPS) is 38.1. The molecule has 0 aromatic rings. The Hall–Kier alpha value is 0.0700. The minimum Gasteiger partial charge on any atom is -0.305 e. The van der Waals surface area contributed by atoms with Gasteiger partial charge in [0.15, 0.2) is 0 Å². The van der Waals surface area contributed by atoms with Crippen LogP contribution < -0.4 is 5.32 Å². The van der Waals surface area contributed by atoms with E-state index in [9.17, 15) is 8.78 Å². The van der Waals surface area contributed by atoms with E-state index in [0.29, 0.717) is 19.5 Å². The number of hydrogen-bond donors (Lipinski definition) is 1. The molecule has 78 valence electrons. The van der Waals surface area contributed by atoms with Gasteiger partial charge in [0.05, 0.1) is 5.54 Å². The lowest BCUT2D eigenvalue weighted by molar-refractivity contribution is -0.0553. The summed E-state index contributed by atoms with van der Waals surface area (Å²) in [7, 11) is 1.89. The summed E-state index contributed by atoms with van der Waals surface area (Å²) < 4.78 is 26.8. The lowest BCUT2D eigenvalue weighted by atomic mass is 9.92. The molecule has 0 aliphatic carbocycles. The van der Waals surface area contributed by atoms with Crippen molar-refractivity contribution in [3.05, 3.63) is 0 Å². The molecule has 2 rings (SSSR count). The van der Waals surface area contributed by atoms with E-state index < -0.39 is 11.5 Å². The lowest BCUT2D eigenvalue weighted by Gasteiger charge is -2.30. The molecule has 5 heteroatoms. The van der Waals surface area contributed by atoms with Crippen LogP contribution in [-0.4, -0.2) is 43.0 Å². The molecule has 0 saturated carbocycles. The molecule has 1 atom stereocenters. The molecular weight excluding hydrogens is 198 g/mol. The quantitative estimate of drug-likeness (QED) is 0.647. The molecule has 2 heterocycles. The highest BCUT2D eigenvalue weighted by Gasteiger charge is 2.59. The van der Waals surface area contributed by atoms with Crippen LogP contribution in [0.3, 0.4) is 0 Å². The van der Waals surface area contributed by atoms with Crippen molar-refractivity contribution < 1.29 is 8.78 Å². The third kappa shape index (κ3) is 1.55. The number of nitrogens with one attached hydrogen (secondary N) is 1. The summed E-state index contributed by atoms with van der Waals surface area (Å²) in [5, 5.41) is 2.96. The van der Waals surface area contributed by atoms with E-state index in [0.717, 1.165) is 6.54 Å². The topological polar surface area (TPSA) is 15.3 Å². The zero-order valence-corrected chi connectivity index (χ0v) is 8.46. The predicted molar refractivity (Wildman–Crippen MR) is 49.7 cm³/mol. The van der Waals surface area contributed by atoms with Gasteiger partial charge in [-0.3, -0.25) is 0 Å². The Balaban J connectivity index is 0.000000845. The summed E-state index contributed by atoms with van der Waals surface area (Å²) in [5.74, 6) is -2.50. The van der Waals surface area contributed by atoms with E-state index in [-0.39, 0.29) is 18.8 Å². The van der Waals surface area contributed by atoms with E-state index in [2.05, 4.69) is 5.32 Å². The van der Waals surface area contributed by atoms with Crippen LogP contribution in [0.4, 0.5) is 8.78 Å². The van der Waals surface area contributed by atoms with Crippen molar-refractivity contribution in [2.75, 3.05) is 26.7 Å². The molecule has 0 radical (unpaired) electrons. The maximum absolute atomic E-state index is 13.4. The summed E-state index contributed by atoms with van der Waals surface area (Å²) >= 11 is 0. The van der Waals surface area contributed by atoms with Gasteiger partial charge in [-0.15, -0.1) is 12.4 Å². The first kappa shape index (κ1) is 11.1. The number of likely N-dealkylation sites (N-methyl/N-ethyl adjacent to an activating group) is 1. The first-order valence-corrected chi connectivity index (χ1v) is 4.37. The molecule has 2 saturated heterocycles. The number of likely N-dealkylation sites (tertiary alicyclic amines) is 1. The summed E-state index contributed by atoms with van der Waals surface area (Å²) in [6.07, 6.45) is 0.581. The van der Waals surface area contributed by atoms with Crippen LogP contribution in [0.1, 0.15) is 12.8 Å². The van der Waals surface area contributed by atoms with Crippen LogP contribution in [0.5, 0.6) is 0 Å². The fourth-order valence-corrected chi connectivity index (χ4v) is 2.27. The third-order valence-corrected chi connectivity index (χ3v) is 3.06. The van der Waals surface area contributed by atoms with Crippen LogP contribution >= 0.6 is 12.4 Å². The SMILES string of the molecule is CN1CCC2(C1)NCCC2(F)F.Cl. The number of hydrogen-bond acceptors (Lipinski definition) is 2. The van der Waals surface area contributed by atoms with E-state index in [4.69, 9.17) is 0 Å². The van der Waals surface area contributed by atoms with E-state index in [1.807, 2.05) is 11.9 Å². The average molecular weight is 213 g/mol. The number of nitrogens with zero attached hydrogens (tertiary/aromatic N) is 1. The highest BCUT2D eigenvalue weighted by Crippen LogP contribution is 2.41. The zero-order chi connectivity index (χ0) is 8.82. The van der Waals surface area contributed by atoms with Crippen molar-refractivity contribution >= 4 is 12.4 Å². The van der Waals surface area contributed by atoms with Gasteiger partial charge in [0.2, 0.25) is 0 Å². The minimum absolute atomic E-state index is 0. The molecule has 2 aliphatic rings. The molecule has 0 aromatic carbocycles. The molecule has 2 fully saturated rings. The maximum atomic E-state index is 13.4. The molecule has 0 aromatic heterocycles. The summed E-state index contributed by atoms with van der Waals surface area (Å²) in [6.45, 7) is 1.73. The van der Waals surface area contributed by atoms with Gasteiger partial charge < -0.3 is 10.2 Å². The second kappa shape index (κ2) is 3.33. The maximum Gasteiger partial charge on any atom is 0.268 e. The molecule has 2 nitrogen and oxygen atoms in total. The van der Waals surface area contributed by atoms with Crippen molar-refractivity contribution in [2.24, 2.45) is 0 Å². The van der Waals surface area contributed by atoms with Gasteiger partial charge >= 0.3 is 0 Å². The standard InChI is InChI=1S/C8H14F2N2.ClH/c1-12-5-3-7(6-12)8(9,10)2-4-11-7;/h11H,2-6H2,1H3;1H. The third-order valence-electron chi connectivity index (χ3n) is 3.06. The summed E-state index contributed by atoms with van der Waals surface area (Å²) in [4.78, 5) is 1.96. The number of alkyl halides is 2. The largest absolute Gasteiger partial charge is 0.305 e. The van der Waals surface area contributed by atoms with Crippen molar-refractivity contribution in [2.45, 2.75) is 24.3 Å². The van der Waals surface area contributed by atoms with Crippen LogP contribution in [0.15, 0.2) is 0 Å². The first-order chi connectivity index (χ1) is 5.56. The summed E-state index contributed by atoms with van der Waals surface area (Å²) in [6, 6.07) is 0. The smallest absolute Gasteiger partial charge is 0.268 e. The Morgan fingerprint density at radius 2 is 2.00 bits per heavy atom. The van der Waals surface area contributed by atoms with Gasteiger partial charge in [-0.05, 0) is 20.0 Å². The van der Waals surface area contributed by atoms with Crippen LogP contribution in [0.25, 0.3) is 0 Å². The van der Waals surface area contributed by atoms with Crippen molar-refractivity contribution in [1.29, 1.82) is 0 Å². The van der Waals surface area contributed by atoms with Crippen molar-refractivity contribution in [3.63, 3.8) is 0 Å². The molecule has 2 aliphatic heterocycles. The molecule has 0 bridgehead atoms. The Morgan fingerprint density at radius 3 is 2.38 bits per heavy atom. The Bertz CT molecular complexity index is 201. The molecular formula is C8H15ClF2N2. The predicted octanol–water partition coefficient (Wildman–Crippen LogP) is 1.11. The molecule has 0 amide bonds. The molecule has 1 unspecified atom stereocenters. The van der Waals surface area contributed by atoms with Gasteiger partial charge in [-0.25, -0.2) is 8.78 Å². The highest BCUT2D eigenvalue weighted by atomic mass is 35.5. The Labute approximate surface area is 83.1 Å². The number of halogens is 3. The molecule has 1 N–H and O–H groups in total. The Morgan fingerprint density at radius 1 is 1.31 bits per heavy atom. The van der Waals surface area contributed by atoms with Crippen LogP contribution in [0.2, 0.25) is 0 Å². The highest BCUT2D eigenvalue weighted by molar-refractivity contribution is 5.85. The van der Waals surface area contributed by atoms with E-state index in [1.165, 1.54) is 0 Å². The van der Waals surface area contributed by atoms with Gasteiger partial charge in [0, 0.05) is 19.5 Å². The van der Waals surface area contributed by atoms with Gasteiger partial charge in [-0.1, -0.05) is 0 Å². The zero-order valence-electron chi connectivity index (χ0n) is 7.65. The summed E-state index contributed by atoms with van der Waals surface area (Å²) in [5.41, 5.74) is -0.901. The molecule has 1 spiro atoms. The second-order valence-electron chi connectivity index (χ2n) is 3.95. The van der Waals surface area contributed by atoms with E-state index >= 15 is 0 Å². The minimum atomic E-state index is -2.50.